The van der Waals surface area contributed by atoms with Crippen molar-refractivity contribution in [2.45, 2.75) is 28.7 Å². The molecule has 2 aliphatic rings. The van der Waals surface area contributed by atoms with Gasteiger partial charge in [-0.15, -0.1) is 23.5 Å². The monoisotopic (exact) mass is 327 g/mol. The molecule has 0 bridgehead atoms. The van der Waals surface area contributed by atoms with Gasteiger partial charge in [-0.25, -0.2) is 4.79 Å². The van der Waals surface area contributed by atoms with Gasteiger partial charge in [-0.05, 0) is 12.5 Å². The first-order chi connectivity index (χ1) is 10.0. The molecule has 0 unspecified atom stereocenters. The topological polar surface area (TPSA) is 136 Å². The van der Waals surface area contributed by atoms with Crippen molar-refractivity contribution < 1.29 is 14.7 Å². The van der Waals surface area contributed by atoms with E-state index in [1.807, 2.05) is 6.92 Å². The van der Waals surface area contributed by atoms with Gasteiger partial charge >= 0.3 is 5.97 Å². The molecule has 21 heavy (non-hydrogen) atoms. The molecule has 1 aromatic heterocycles. The molecule has 3 N–H and O–H groups in total. The van der Waals surface area contributed by atoms with E-state index in [2.05, 4.69) is 20.6 Å². The van der Waals surface area contributed by atoms with Gasteiger partial charge in [0.2, 0.25) is 5.91 Å². The third-order valence-corrected chi connectivity index (χ3v) is 5.65. The second kappa shape index (κ2) is 5.31. The minimum Gasteiger partial charge on any atom is -0.477 e. The maximum Gasteiger partial charge on any atom is 0.352 e. The fourth-order valence-corrected chi connectivity index (χ4v) is 4.61. The van der Waals surface area contributed by atoms with Gasteiger partial charge in [-0.3, -0.25) is 20.0 Å². The van der Waals surface area contributed by atoms with Gasteiger partial charge in [0, 0.05) is 11.0 Å². The fraction of sp³-hybridized carbons (Fsp3) is 0.500. The Morgan fingerprint density at radius 3 is 3.05 bits per heavy atom. The largest absolute Gasteiger partial charge is 0.477 e. The number of aromatic nitrogens is 4. The van der Waals surface area contributed by atoms with E-state index in [1.165, 1.54) is 28.4 Å². The quantitative estimate of drug-likeness (QED) is 0.517. The summed E-state index contributed by atoms with van der Waals surface area (Å²) in [7, 11) is 0. The number of fused-ring (bicyclic) bond motifs is 1. The van der Waals surface area contributed by atoms with E-state index in [-0.39, 0.29) is 22.2 Å². The van der Waals surface area contributed by atoms with Gasteiger partial charge in [0.05, 0.1) is 5.16 Å². The van der Waals surface area contributed by atoms with Crippen molar-refractivity contribution in [3.63, 3.8) is 0 Å². The van der Waals surface area contributed by atoms with E-state index in [9.17, 15) is 14.7 Å². The molecule has 9 nitrogen and oxygen atoms in total. The van der Waals surface area contributed by atoms with Gasteiger partial charge in [0.15, 0.2) is 0 Å². The van der Waals surface area contributed by atoms with Crippen molar-refractivity contribution in [1.29, 1.82) is 0 Å². The summed E-state index contributed by atoms with van der Waals surface area (Å²) in [4.78, 5) is 24.7. The Balaban J connectivity index is 1.90. The van der Waals surface area contributed by atoms with Crippen LogP contribution in [0, 0.1) is 0 Å². The predicted octanol–water partition coefficient (Wildman–Crippen LogP) is -1.11. The van der Waals surface area contributed by atoms with Crippen LogP contribution in [0.15, 0.2) is 16.4 Å². The van der Waals surface area contributed by atoms with E-state index in [0.717, 1.165) is 0 Å². The number of nitrogens with zero attached hydrogens (tertiary/aromatic N) is 5. The molecule has 0 aliphatic carbocycles. The van der Waals surface area contributed by atoms with Gasteiger partial charge < -0.3 is 15.9 Å². The number of hydrogen-bond donors (Lipinski definition) is 2. The van der Waals surface area contributed by atoms with Crippen LogP contribution in [0.2, 0.25) is 0 Å². The Kier molecular flexibility index (Phi) is 3.63. The van der Waals surface area contributed by atoms with Crippen molar-refractivity contribution in [3.8, 4) is 0 Å². The summed E-state index contributed by atoms with van der Waals surface area (Å²) in [5.74, 6) is -0.977. The number of tetrazole rings is 1. The van der Waals surface area contributed by atoms with E-state index in [1.54, 1.807) is 0 Å². The third-order valence-electron chi connectivity index (χ3n) is 3.31. The molecule has 112 valence electrons. The number of β-lactam (4-membered cyclic amide) rings is 1. The number of thioether (sulfide) groups is 2. The number of carbonyl (C=O) groups excluding carboxylic acids is 1. The highest BCUT2D eigenvalue weighted by Crippen LogP contribution is 2.42. The smallest absolute Gasteiger partial charge is 0.352 e. The first kappa shape index (κ1) is 14.4. The second-order valence-electron chi connectivity index (χ2n) is 4.54. The maximum atomic E-state index is 11.8. The number of carboxylic acid groups (broad SMARTS) is 1. The number of carbonyl (C=O) groups is 2. The van der Waals surface area contributed by atoms with E-state index in [4.69, 9.17) is 5.73 Å². The zero-order chi connectivity index (χ0) is 15.1. The highest BCUT2D eigenvalue weighted by molar-refractivity contribution is 8.01. The molecule has 2 aliphatic heterocycles. The lowest BCUT2D eigenvalue weighted by Gasteiger charge is -2.48. The standard InChI is InChI=1S/C10H12N6O3S2/c1-3(21-10-12-14-15-13-10)4-2-20-8-5(11)7(17)16(8)6(4)9(18)19/h3,5,8H,2,11H2,1H3,(H2,12,13,14,15,18,19)/p-1/t3-,5+,8-/m0/s1. The van der Waals surface area contributed by atoms with Crippen LogP contribution in [0.25, 0.3) is 0 Å². The minimum atomic E-state index is -1.12. The van der Waals surface area contributed by atoms with Crippen LogP contribution >= 0.6 is 23.5 Å². The normalized spacial score (nSPS) is 26.4. The molecular weight excluding hydrogens is 316 g/mol. The van der Waals surface area contributed by atoms with Crippen molar-refractivity contribution in [2.75, 3.05) is 5.75 Å². The number of carboxylic acids is 1. The summed E-state index contributed by atoms with van der Waals surface area (Å²) in [6, 6.07) is -0.624. The van der Waals surface area contributed by atoms with Crippen molar-refractivity contribution in [2.24, 2.45) is 5.73 Å². The molecule has 1 fully saturated rings. The Morgan fingerprint density at radius 1 is 1.67 bits per heavy atom. The highest BCUT2D eigenvalue weighted by atomic mass is 32.2. The second-order valence-corrected chi connectivity index (χ2v) is 6.95. The average Bonchev–Trinajstić information content (AvgIpc) is 2.97. The molecule has 3 rings (SSSR count). The van der Waals surface area contributed by atoms with Crippen molar-refractivity contribution in [3.05, 3.63) is 11.3 Å². The Bertz CT molecular complexity index is 618. The van der Waals surface area contributed by atoms with Gasteiger partial charge in [-0.2, -0.15) is 5.21 Å². The summed E-state index contributed by atoms with van der Waals surface area (Å²) >= 11 is 2.72. The number of rotatable bonds is 4. The lowest BCUT2D eigenvalue weighted by molar-refractivity contribution is -0.148. The molecule has 1 aromatic rings. The van der Waals surface area contributed by atoms with Crippen molar-refractivity contribution >= 4 is 35.4 Å². The molecule has 1 amide bonds. The summed E-state index contributed by atoms with van der Waals surface area (Å²) < 4.78 is 0. The lowest BCUT2D eigenvalue weighted by Crippen LogP contribution is -2.68. The molecule has 3 atom stereocenters. The highest BCUT2D eigenvalue weighted by Gasteiger charge is 2.52. The first-order valence-electron chi connectivity index (χ1n) is 6.02. The number of hydrogen-bond acceptors (Lipinski definition) is 8. The molecule has 1 saturated heterocycles. The zero-order valence-corrected chi connectivity index (χ0v) is 12.5. The maximum absolute atomic E-state index is 11.8. The molecule has 3 heterocycles. The SMILES string of the molecule is C[C@H](Sc1nnn[n-]1)C1=C(C(=O)O)N2C(=O)[C@@H](N)[C@@H]2SC1. The summed E-state index contributed by atoms with van der Waals surface area (Å²) in [5, 5.41) is 23.5. The Hall–Kier alpha value is -1.59. The van der Waals surface area contributed by atoms with Gasteiger partial charge in [0.25, 0.3) is 0 Å². The number of nitrogens with two attached hydrogens (primary N) is 1. The Morgan fingerprint density at radius 2 is 2.43 bits per heavy atom. The fourth-order valence-electron chi connectivity index (χ4n) is 2.26. The van der Waals surface area contributed by atoms with Gasteiger partial charge in [-0.1, -0.05) is 0 Å². The van der Waals surface area contributed by atoms with Crippen LogP contribution in [0.1, 0.15) is 6.92 Å². The number of aliphatic carboxylic acids is 1. The lowest BCUT2D eigenvalue weighted by atomic mass is 10.0. The molecule has 11 heteroatoms. The van der Waals surface area contributed by atoms with Gasteiger partial charge in [0.1, 0.15) is 17.1 Å². The van der Waals surface area contributed by atoms with Crippen LogP contribution in [0.5, 0.6) is 0 Å². The molecule has 0 saturated carbocycles. The van der Waals surface area contributed by atoms with Crippen LogP contribution in [0.3, 0.4) is 0 Å². The Labute approximate surface area is 127 Å². The summed E-state index contributed by atoms with van der Waals surface area (Å²) in [6.07, 6.45) is 0. The number of amides is 1. The van der Waals surface area contributed by atoms with Crippen LogP contribution in [0.4, 0.5) is 0 Å². The average molecular weight is 327 g/mol. The zero-order valence-electron chi connectivity index (χ0n) is 10.8. The molecular formula is C10H11N6O3S2-. The molecule has 0 spiro atoms. The predicted molar refractivity (Wildman–Crippen MR) is 74.2 cm³/mol. The summed E-state index contributed by atoms with van der Waals surface area (Å²) in [5.41, 5.74) is 6.38. The summed E-state index contributed by atoms with van der Waals surface area (Å²) in [6.45, 7) is 1.84. The van der Waals surface area contributed by atoms with Crippen LogP contribution in [-0.4, -0.2) is 59.8 Å². The van der Waals surface area contributed by atoms with Crippen LogP contribution < -0.4 is 10.8 Å². The van der Waals surface area contributed by atoms with E-state index >= 15 is 0 Å². The molecule has 0 radical (unpaired) electrons. The first-order valence-corrected chi connectivity index (χ1v) is 7.95. The minimum absolute atomic E-state index is 0.0259. The van der Waals surface area contributed by atoms with E-state index < -0.39 is 12.0 Å². The molecule has 0 aromatic carbocycles. The third kappa shape index (κ3) is 2.30. The van der Waals surface area contributed by atoms with Crippen molar-refractivity contribution in [1.82, 2.24) is 25.5 Å². The van der Waals surface area contributed by atoms with E-state index in [0.29, 0.717) is 16.5 Å². The van der Waals surface area contributed by atoms with Crippen LogP contribution in [-0.2, 0) is 9.59 Å².